The number of nitrogens with zero attached hydrogens (tertiary/aromatic N) is 3. The van der Waals surface area contributed by atoms with E-state index in [2.05, 4.69) is 20.5 Å². The van der Waals surface area contributed by atoms with Crippen LogP contribution in [0.15, 0.2) is 29.2 Å². The lowest BCUT2D eigenvalue weighted by molar-refractivity contribution is 0.565. The second-order valence-corrected chi connectivity index (χ2v) is 8.64. The summed E-state index contributed by atoms with van der Waals surface area (Å²) >= 11 is 7.61. The van der Waals surface area contributed by atoms with Crippen molar-refractivity contribution in [3.63, 3.8) is 0 Å². The second-order valence-electron chi connectivity index (χ2n) is 7.13. The molecule has 6 nitrogen and oxygen atoms in total. The highest BCUT2D eigenvalue weighted by Gasteiger charge is 2.19. The van der Waals surface area contributed by atoms with Crippen molar-refractivity contribution >= 4 is 34.8 Å². The van der Waals surface area contributed by atoms with Gasteiger partial charge in [-0.05, 0) is 12.1 Å². The molecule has 0 amide bonds. The van der Waals surface area contributed by atoms with Gasteiger partial charge in [-0.15, -0.1) is 5.10 Å². The lowest BCUT2D eigenvalue weighted by Crippen LogP contribution is -2.20. The van der Waals surface area contributed by atoms with Crippen LogP contribution in [0.2, 0.25) is 5.02 Å². The van der Waals surface area contributed by atoms with Crippen molar-refractivity contribution < 1.29 is 4.39 Å². The number of hydrogen-bond acceptors (Lipinski definition) is 5. The average Bonchev–Trinajstić information content (AvgIpc) is 2.97. The molecule has 0 radical (unpaired) electrons. The Morgan fingerprint density at radius 3 is 2.85 bits per heavy atom. The first-order valence-electron chi connectivity index (χ1n) is 8.50. The molecule has 3 aromatic rings. The molecule has 9 heteroatoms. The smallest absolute Gasteiger partial charge is 0.347 e. The Labute approximate surface area is 165 Å². The average molecular weight is 410 g/mol. The molecule has 3 rings (SSSR count). The molecule has 0 saturated heterocycles. The van der Waals surface area contributed by atoms with Gasteiger partial charge in [-0.1, -0.05) is 38.4 Å². The monoisotopic (exact) mass is 409 g/mol. The highest BCUT2D eigenvalue weighted by atomic mass is 35.5. The minimum atomic E-state index is -0.301. The molecule has 0 saturated carbocycles. The van der Waals surface area contributed by atoms with Crippen molar-refractivity contribution in [3.05, 3.63) is 57.0 Å². The van der Waals surface area contributed by atoms with Crippen LogP contribution < -0.4 is 11.0 Å². The number of anilines is 1. The zero-order valence-electron chi connectivity index (χ0n) is 15.3. The van der Waals surface area contributed by atoms with E-state index in [9.17, 15) is 9.18 Å². The molecule has 0 atom stereocenters. The maximum Gasteiger partial charge on any atom is 0.347 e. The molecule has 27 heavy (non-hydrogen) atoms. The van der Waals surface area contributed by atoms with Gasteiger partial charge < -0.3 is 5.32 Å². The molecule has 0 unspecified atom stereocenters. The van der Waals surface area contributed by atoms with Crippen LogP contribution in [0.5, 0.6) is 0 Å². The maximum absolute atomic E-state index is 13.8. The third-order valence-corrected chi connectivity index (χ3v) is 5.35. The van der Waals surface area contributed by atoms with Crippen LogP contribution in [-0.4, -0.2) is 31.9 Å². The van der Waals surface area contributed by atoms with Gasteiger partial charge in [0.15, 0.2) is 5.82 Å². The highest BCUT2D eigenvalue weighted by Crippen LogP contribution is 2.25. The molecule has 0 aliphatic rings. The standard InChI is InChI=1S/C18H21ClFN5OS/c1-18(2,3)14-9-25-16(23-24-17(25)26)15(22-14)21-7-8-27-10-11-12(19)5-4-6-13(11)20/h4-6,9H,7-8,10H2,1-3H3,(H,21,22)(H,24,26). The van der Waals surface area contributed by atoms with Crippen molar-refractivity contribution in [2.45, 2.75) is 31.9 Å². The molecule has 0 aliphatic heterocycles. The van der Waals surface area contributed by atoms with Crippen molar-refractivity contribution in [1.82, 2.24) is 19.6 Å². The van der Waals surface area contributed by atoms with E-state index in [1.54, 1.807) is 30.1 Å². The SMILES string of the molecule is CC(C)(C)c1cn2c(=O)[nH]nc2c(NCCSCc2c(F)cccc2Cl)n1. The van der Waals surface area contributed by atoms with Gasteiger partial charge in [-0.2, -0.15) is 11.8 Å². The first-order chi connectivity index (χ1) is 12.8. The highest BCUT2D eigenvalue weighted by molar-refractivity contribution is 7.98. The van der Waals surface area contributed by atoms with Crippen LogP contribution >= 0.6 is 23.4 Å². The van der Waals surface area contributed by atoms with Gasteiger partial charge in [0.25, 0.3) is 0 Å². The van der Waals surface area contributed by atoms with Crippen LogP contribution in [-0.2, 0) is 11.2 Å². The summed E-state index contributed by atoms with van der Waals surface area (Å²) in [4.78, 5) is 16.6. The maximum atomic E-state index is 13.8. The fourth-order valence-corrected chi connectivity index (χ4v) is 3.68. The number of H-pyrrole nitrogens is 1. The van der Waals surface area contributed by atoms with Crippen LogP contribution in [0.3, 0.4) is 0 Å². The summed E-state index contributed by atoms with van der Waals surface area (Å²) in [7, 11) is 0. The van der Waals surface area contributed by atoms with E-state index < -0.39 is 0 Å². The van der Waals surface area contributed by atoms with Crippen LogP contribution in [0.25, 0.3) is 5.65 Å². The number of hydrogen-bond donors (Lipinski definition) is 2. The normalized spacial score (nSPS) is 11.9. The largest absolute Gasteiger partial charge is 0.366 e. The molecule has 144 valence electrons. The fraction of sp³-hybridized carbons (Fsp3) is 0.389. The Balaban J connectivity index is 1.67. The van der Waals surface area contributed by atoms with Gasteiger partial charge >= 0.3 is 5.69 Å². The summed E-state index contributed by atoms with van der Waals surface area (Å²) < 4.78 is 15.3. The fourth-order valence-electron chi connectivity index (χ4n) is 2.48. The number of nitrogens with one attached hydrogen (secondary N) is 2. The first kappa shape index (κ1) is 19.7. The van der Waals surface area contributed by atoms with Crippen LogP contribution in [0.4, 0.5) is 10.2 Å². The number of halogens is 2. The van der Waals surface area contributed by atoms with E-state index in [-0.39, 0.29) is 16.9 Å². The Bertz CT molecular complexity index is 991. The Hall–Kier alpha value is -2.06. The molecular formula is C18H21ClFN5OS. The number of aromatic nitrogens is 4. The number of aromatic amines is 1. The molecular weight excluding hydrogens is 389 g/mol. The van der Waals surface area contributed by atoms with Crippen molar-refractivity contribution in [2.24, 2.45) is 0 Å². The first-order valence-corrected chi connectivity index (χ1v) is 10.0. The Morgan fingerprint density at radius 1 is 1.37 bits per heavy atom. The van der Waals surface area contributed by atoms with E-state index in [0.717, 1.165) is 5.69 Å². The Morgan fingerprint density at radius 2 is 2.15 bits per heavy atom. The van der Waals surface area contributed by atoms with Gasteiger partial charge in [-0.25, -0.2) is 23.7 Å². The summed E-state index contributed by atoms with van der Waals surface area (Å²) in [5, 5.41) is 10.2. The van der Waals surface area contributed by atoms with Crippen LogP contribution in [0, 0.1) is 5.82 Å². The number of fused-ring (bicyclic) bond motifs is 1. The van der Waals surface area contributed by atoms with E-state index in [4.69, 9.17) is 11.6 Å². The molecule has 0 spiro atoms. The van der Waals surface area contributed by atoms with E-state index >= 15 is 0 Å². The summed E-state index contributed by atoms with van der Waals surface area (Å²) in [6.45, 7) is 6.69. The number of rotatable bonds is 6. The van der Waals surface area contributed by atoms with Gasteiger partial charge in [0.05, 0.1) is 5.69 Å². The molecule has 0 aliphatic carbocycles. The zero-order chi connectivity index (χ0) is 19.6. The molecule has 2 N–H and O–H groups in total. The van der Waals surface area contributed by atoms with E-state index in [0.29, 0.717) is 40.1 Å². The molecule has 2 heterocycles. The van der Waals surface area contributed by atoms with Gasteiger partial charge in [0, 0.05) is 40.2 Å². The predicted octanol–water partition coefficient (Wildman–Crippen LogP) is 3.85. The van der Waals surface area contributed by atoms with Crippen molar-refractivity contribution in [1.29, 1.82) is 0 Å². The lowest BCUT2D eigenvalue weighted by Gasteiger charge is -2.19. The summed E-state index contributed by atoms with van der Waals surface area (Å²) in [5.74, 6) is 1.46. The molecule has 0 bridgehead atoms. The van der Waals surface area contributed by atoms with Crippen molar-refractivity contribution in [2.75, 3.05) is 17.6 Å². The minimum absolute atomic E-state index is 0.211. The topological polar surface area (TPSA) is 75.1 Å². The predicted molar refractivity (Wildman–Crippen MR) is 108 cm³/mol. The third kappa shape index (κ3) is 4.44. The molecule has 2 aromatic heterocycles. The Kier molecular flexibility index (Phi) is 5.76. The summed E-state index contributed by atoms with van der Waals surface area (Å²) in [6.07, 6.45) is 1.71. The third-order valence-electron chi connectivity index (χ3n) is 4.02. The van der Waals surface area contributed by atoms with Crippen molar-refractivity contribution in [3.8, 4) is 0 Å². The van der Waals surface area contributed by atoms with Gasteiger partial charge in [-0.3, -0.25) is 0 Å². The molecule has 0 fully saturated rings. The molecule has 1 aromatic carbocycles. The van der Waals surface area contributed by atoms with Gasteiger partial charge in [0.2, 0.25) is 5.65 Å². The quantitative estimate of drug-likeness (QED) is 0.605. The van der Waals surface area contributed by atoms with E-state index in [1.807, 2.05) is 20.8 Å². The number of thioether (sulfide) groups is 1. The van der Waals surface area contributed by atoms with Gasteiger partial charge in [0.1, 0.15) is 5.82 Å². The zero-order valence-corrected chi connectivity index (χ0v) is 16.9. The van der Waals surface area contributed by atoms with Crippen LogP contribution in [0.1, 0.15) is 32.0 Å². The second kappa shape index (κ2) is 7.90. The summed E-state index contributed by atoms with van der Waals surface area (Å²) in [5.41, 5.74) is 1.24. The van der Waals surface area contributed by atoms with E-state index in [1.165, 1.54) is 10.5 Å². The summed E-state index contributed by atoms with van der Waals surface area (Å²) in [6, 6.07) is 4.69. The number of benzene rings is 1. The minimum Gasteiger partial charge on any atom is -0.366 e. The lowest BCUT2D eigenvalue weighted by atomic mass is 9.93.